The molecule has 0 aliphatic heterocycles. The number of rotatable bonds is 5. The summed E-state index contributed by atoms with van der Waals surface area (Å²) < 4.78 is 0. The van der Waals surface area contributed by atoms with Gasteiger partial charge in [-0.1, -0.05) is 0 Å². The Labute approximate surface area is 104 Å². The molecule has 1 aromatic rings. The molecule has 0 radical (unpaired) electrons. The lowest BCUT2D eigenvalue weighted by atomic mass is 10.1. The second-order valence-corrected chi connectivity index (χ2v) is 4.56. The van der Waals surface area contributed by atoms with Gasteiger partial charge >= 0.3 is 0 Å². The van der Waals surface area contributed by atoms with Gasteiger partial charge in [-0.3, -0.25) is 0 Å². The fourth-order valence-corrected chi connectivity index (χ4v) is 2.10. The van der Waals surface area contributed by atoms with E-state index >= 15 is 0 Å². The molecule has 3 heteroatoms. The average molecular weight is 231 g/mol. The Kier molecular flexibility index (Phi) is 4.99. The van der Waals surface area contributed by atoms with Gasteiger partial charge in [0.15, 0.2) is 0 Å². The average Bonchev–Trinajstić information content (AvgIpc) is 2.30. The number of anilines is 1. The molecule has 0 saturated heterocycles. The Hall–Kier alpha value is -1.53. The van der Waals surface area contributed by atoms with E-state index in [2.05, 4.69) is 43.8 Å². The molecule has 1 unspecified atom stereocenters. The first-order valence-electron chi connectivity index (χ1n) is 6.00. The maximum atomic E-state index is 8.78. The van der Waals surface area contributed by atoms with Crippen LogP contribution < -0.4 is 4.90 Å². The van der Waals surface area contributed by atoms with Crippen molar-refractivity contribution in [2.75, 3.05) is 32.1 Å². The van der Waals surface area contributed by atoms with Crippen molar-refractivity contribution in [1.82, 2.24) is 4.90 Å². The number of nitriles is 1. The van der Waals surface area contributed by atoms with Gasteiger partial charge in [0.2, 0.25) is 0 Å². The van der Waals surface area contributed by atoms with Crippen LogP contribution in [0.15, 0.2) is 24.3 Å². The predicted molar refractivity (Wildman–Crippen MR) is 72.2 cm³/mol. The summed E-state index contributed by atoms with van der Waals surface area (Å²) in [5.74, 6) is 0. The normalized spacial score (nSPS) is 12.2. The Morgan fingerprint density at radius 3 is 2.24 bits per heavy atom. The molecule has 17 heavy (non-hydrogen) atoms. The van der Waals surface area contributed by atoms with Crippen LogP contribution in [-0.4, -0.2) is 38.1 Å². The minimum absolute atomic E-state index is 0.461. The van der Waals surface area contributed by atoms with Gasteiger partial charge in [0.25, 0.3) is 0 Å². The van der Waals surface area contributed by atoms with E-state index in [1.807, 2.05) is 24.3 Å². The summed E-state index contributed by atoms with van der Waals surface area (Å²) in [6.45, 7) is 6.38. The molecule has 1 aromatic carbocycles. The highest BCUT2D eigenvalue weighted by Gasteiger charge is 2.13. The first-order valence-corrected chi connectivity index (χ1v) is 6.00. The zero-order chi connectivity index (χ0) is 12.8. The molecule has 92 valence electrons. The third-order valence-corrected chi connectivity index (χ3v) is 2.83. The summed E-state index contributed by atoms with van der Waals surface area (Å²) in [7, 11) is 4.17. The van der Waals surface area contributed by atoms with E-state index in [9.17, 15) is 0 Å². The van der Waals surface area contributed by atoms with E-state index < -0.39 is 0 Å². The van der Waals surface area contributed by atoms with E-state index in [4.69, 9.17) is 5.26 Å². The van der Waals surface area contributed by atoms with E-state index in [0.29, 0.717) is 11.6 Å². The summed E-state index contributed by atoms with van der Waals surface area (Å²) in [5, 5.41) is 8.78. The SMILES string of the molecule is CCN(c1ccc(C#N)cc1)C(C)CN(C)C. The van der Waals surface area contributed by atoms with Crippen LogP contribution in [0.3, 0.4) is 0 Å². The lowest BCUT2D eigenvalue weighted by molar-refractivity contribution is 0.373. The zero-order valence-corrected chi connectivity index (χ0v) is 11.1. The quantitative estimate of drug-likeness (QED) is 0.779. The van der Waals surface area contributed by atoms with Crippen molar-refractivity contribution in [2.45, 2.75) is 19.9 Å². The molecule has 1 rings (SSSR count). The third-order valence-electron chi connectivity index (χ3n) is 2.83. The fraction of sp³-hybridized carbons (Fsp3) is 0.500. The van der Waals surface area contributed by atoms with Gasteiger partial charge in [0.05, 0.1) is 11.6 Å². The van der Waals surface area contributed by atoms with Crippen LogP contribution in [0.2, 0.25) is 0 Å². The first kappa shape index (κ1) is 13.5. The molecule has 0 saturated carbocycles. The summed E-state index contributed by atoms with van der Waals surface area (Å²) in [6.07, 6.45) is 0. The Morgan fingerprint density at radius 1 is 1.24 bits per heavy atom. The van der Waals surface area contributed by atoms with Crippen LogP contribution in [0, 0.1) is 11.3 Å². The van der Waals surface area contributed by atoms with Crippen LogP contribution in [0.25, 0.3) is 0 Å². The second-order valence-electron chi connectivity index (χ2n) is 4.56. The number of hydrogen-bond acceptors (Lipinski definition) is 3. The second kappa shape index (κ2) is 6.27. The Bertz CT molecular complexity index is 375. The topological polar surface area (TPSA) is 30.3 Å². The summed E-state index contributed by atoms with van der Waals surface area (Å²) in [6, 6.07) is 10.4. The predicted octanol–water partition coefficient (Wildman–Crippen LogP) is 2.33. The molecular weight excluding hydrogens is 210 g/mol. The highest BCUT2D eigenvalue weighted by molar-refractivity contribution is 5.50. The molecule has 0 amide bonds. The monoisotopic (exact) mass is 231 g/mol. The van der Waals surface area contributed by atoms with Crippen LogP contribution in [0.5, 0.6) is 0 Å². The molecular formula is C14H21N3. The Morgan fingerprint density at radius 2 is 1.82 bits per heavy atom. The number of likely N-dealkylation sites (N-methyl/N-ethyl adjacent to an activating group) is 2. The maximum Gasteiger partial charge on any atom is 0.0991 e. The minimum Gasteiger partial charge on any atom is -0.368 e. The summed E-state index contributed by atoms with van der Waals surface area (Å²) in [5.41, 5.74) is 1.89. The van der Waals surface area contributed by atoms with Gasteiger partial charge in [-0.15, -0.1) is 0 Å². The van der Waals surface area contributed by atoms with Crippen molar-refractivity contribution in [1.29, 1.82) is 5.26 Å². The minimum atomic E-state index is 0.461. The van der Waals surface area contributed by atoms with Crippen molar-refractivity contribution < 1.29 is 0 Å². The Balaban J connectivity index is 2.82. The maximum absolute atomic E-state index is 8.78. The van der Waals surface area contributed by atoms with Gasteiger partial charge < -0.3 is 9.80 Å². The lowest BCUT2D eigenvalue weighted by Gasteiger charge is -2.32. The molecule has 0 heterocycles. The summed E-state index contributed by atoms with van der Waals surface area (Å²) >= 11 is 0. The zero-order valence-electron chi connectivity index (χ0n) is 11.1. The number of hydrogen-bond donors (Lipinski definition) is 0. The standard InChI is InChI=1S/C14H21N3/c1-5-17(12(2)11-16(3)4)14-8-6-13(10-15)7-9-14/h6-9,12H,5,11H2,1-4H3. The van der Waals surface area contributed by atoms with Crippen molar-refractivity contribution >= 4 is 5.69 Å². The van der Waals surface area contributed by atoms with E-state index in [1.54, 1.807) is 0 Å². The van der Waals surface area contributed by atoms with Crippen LogP contribution in [0.4, 0.5) is 5.69 Å². The summed E-state index contributed by atoms with van der Waals surface area (Å²) in [4.78, 5) is 4.54. The highest BCUT2D eigenvalue weighted by atomic mass is 15.2. The molecule has 0 aliphatic carbocycles. The largest absolute Gasteiger partial charge is 0.368 e. The van der Waals surface area contributed by atoms with Gasteiger partial charge in [0, 0.05) is 24.8 Å². The third kappa shape index (κ3) is 3.76. The van der Waals surface area contributed by atoms with Crippen LogP contribution >= 0.6 is 0 Å². The molecule has 1 atom stereocenters. The van der Waals surface area contributed by atoms with E-state index in [1.165, 1.54) is 5.69 Å². The van der Waals surface area contributed by atoms with Crippen LogP contribution in [0.1, 0.15) is 19.4 Å². The molecule has 3 nitrogen and oxygen atoms in total. The van der Waals surface area contributed by atoms with E-state index in [0.717, 1.165) is 13.1 Å². The van der Waals surface area contributed by atoms with Crippen LogP contribution in [-0.2, 0) is 0 Å². The van der Waals surface area contributed by atoms with Crippen molar-refractivity contribution in [3.63, 3.8) is 0 Å². The molecule has 0 spiro atoms. The molecule has 0 aliphatic rings. The van der Waals surface area contributed by atoms with Crippen molar-refractivity contribution in [3.8, 4) is 6.07 Å². The lowest BCUT2D eigenvalue weighted by Crippen LogP contribution is -2.40. The molecule has 0 aromatic heterocycles. The molecule has 0 bridgehead atoms. The van der Waals surface area contributed by atoms with Crippen molar-refractivity contribution in [3.05, 3.63) is 29.8 Å². The smallest absolute Gasteiger partial charge is 0.0991 e. The van der Waals surface area contributed by atoms with Gasteiger partial charge in [-0.2, -0.15) is 5.26 Å². The van der Waals surface area contributed by atoms with Gasteiger partial charge in [0.1, 0.15) is 0 Å². The van der Waals surface area contributed by atoms with E-state index in [-0.39, 0.29) is 0 Å². The van der Waals surface area contributed by atoms with Crippen molar-refractivity contribution in [2.24, 2.45) is 0 Å². The fourth-order valence-electron chi connectivity index (χ4n) is 2.10. The molecule has 0 N–H and O–H groups in total. The van der Waals surface area contributed by atoms with Gasteiger partial charge in [-0.25, -0.2) is 0 Å². The number of nitrogens with zero attached hydrogens (tertiary/aromatic N) is 3. The number of benzene rings is 1. The van der Waals surface area contributed by atoms with Gasteiger partial charge in [-0.05, 0) is 52.2 Å². The molecule has 0 fully saturated rings. The highest BCUT2D eigenvalue weighted by Crippen LogP contribution is 2.17. The first-order chi connectivity index (χ1) is 8.08.